The Morgan fingerprint density at radius 3 is 2.85 bits per heavy atom. The molecule has 70 valence electrons. The van der Waals surface area contributed by atoms with Gasteiger partial charge in [0.15, 0.2) is 11.6 Å². The Hall–Kier alpha value is -1.16. The highest BCUT2D eigenvalue weighted by Crippen LogP contribution is 2.21. The van der Waals surface area contributed by atoms with Crippen LogP contribution in [0.2, 0.25) is 0 Å². The summed E-state index contributed by atoms with van der Waals surface area (Å²) in [6.07, 6.45) is 1.30. The number of hydrogen-bond acceptors (Lipinski definition) is 3. The van der Waals surface area contributed by atoms with E-state index in [0.29, 0.717) is 18.9 Å². The van der Waals surface area contributed by atoms with Gasteiger partial charge in [0.25, 0.3) is 0 Å². The van der Waals surface area contributed by atoms with Gasteiger partial charge < -0.3 is 10.0 Å². The van der Waals surface area contributed by atoms with Gasteiger partial charge in [-0.05, 0) is 18.6 Å². The zero-order chi connectivity index (χ0) is 9.42. The summed E-state index contributed by atoms with van der Waals surface area (Å²) in [5, 5.41) is 9.03. The molecule has 0 spiro atoms. The molecule has 2 rings (SSSR count). The highest BCUT2D eigenvalue weighted by atomic mass is 19.1. The molecule has 0 bridgehead atoms. The molecule has 3 nitrogen and oxygen atoms in total. The Morgan fingerprint density at radius 1 is 1.62 bits per heavy atom. The monoisotopic (exact) mass is 182 g/mol. The second-order valence-corrected chi connectivity index (χ2v) is 3.38. The molecule has 1 fully saturated rings. The average molecular weight is 182 g/mol. The number of hydrogen-bond donors (Lipinski definition) is 1. The van der Waals surface area contributed by atoms with Gasteiger partial charge in [-0.2, -0.15) is 0 Å². The highest BCUT2D eigenvalue weighted by molar-refractivity contribution is 5.44. The molecule has 1 aromatic heterocycles. The largest absolute Gasteiger partial charge is 0.389 e. The number of anilines is 1. The average Bonchev–Trinajstić information content (AvgIpc) is 2.00. The Labute approximate surface area is 75.8 Å². The minimum atomic E-state index is -0.331. The fraction of sp³-hybridized carbons (Fsp3) is 0.444. The molecule has 2 heterocycles. The number of aromatic nitrogens is 1. The van der Waals surface area contributed by atoms with Gasteiger partial charge >= 0.3 is 0 Å². The van der Waals surface area contributed by atoms with E-state index in [0.717, 1.165) is 5.56 Å². The molecule has 1 saturated heterocycles. The molecule has 0 unspecified atom stereocenters. The maximum Gasteiger partial charge on any atom is 0.165 e. The molecule has 0 aliphatic carbocycles. The molecule has 13 heavy (non-hydrogen) atoms. The number of aliphatic hydroxyl groups is 1. The maximum absolute atomic E-state index is 13.3. The van der Waals surface area contributed by atoms with E-state index in [9.17, 15) is 4.39 Å². The summed E-state index contributed by atoms with van der Waals surface area (Å²) in [7, 11) is 0. The van der Waals surface area contributed by atoms with Crippen molar-refractivity contribution in [3.05, 3.63) is 23.6 Å². The molecule has 1 aliphatic rings. The van der Waals surface area contributed by atoms with Crippen molar-refractivity contribution in [3.8, 4) is 0 Å². The maximum atomic E-state index is 13.3. The Bertz CT molecular complexity index is 323. The number of β-amino-alcohol motifs (C(OH)–C–C–N with tert-alkyl or cyclic N) is 1. The third-order valence-corrected chi connectivity index (χ3v) is 2.12. The first kappa shape index (κ1) is 8.44. The van der Waals surface area contributed by atoms with E-state index >= 15 is 0 Å². The van der Waals surface area contributed by atoms with E-state index in [1.54, 1.807) is 18.0 Å². The number of nitrogens with zero attached hydrogens (tertiary/aromatic N) is 2. The number of pyridine rings is 1. The molecule has 1 aliphatic heterocycles. The van der Waals surface area contributed by atoms with Crippen molar-refractivity contribution >= 4 is 5.82 Å². The smallest absolute Gasteiger partial charge is 0.165 e. The molecular weight excluding hydrogens is 171 g/mol. The SMILES string of the molecule is Cc1cnc(N2CC(O)C2)c(F)c1. The normalized spacial score (nSPS) is 17.3. The Balaban J connectivity index is 2.21. The van der Waals surface area contributed by atoms with Crippen molar-refractivity contribution in [1.82, 2.24) is 4.98 Å². The molecule has 0 radical (unpaired) electrons. The van der Waals surface area contributed by atoms with Crippen LogP contribution < -0.4 is 4.90 Å². The summed E-state index contributed by atoms with van der Waals surface area (Å²) >= 11 is 0. The quantitative estimate of drug-likeness (QED) is 0.695. The predicted octanol–water partition coefficient (Wildman–Crippen LogP) is 0.710. The third-order valence-electron chi connectivity index (χ3n) is 2.12. The zero-order valence-corrected chi connectivity index (χ0v) is 7.37. The summed E-state index contributed by atoms with van der Waals surface area (Å²) in [4.78, 5) is 5.70. The molecule has 1 aromatic rings. The van der Waals surface area contributed by atoms with Gasteiger partial charge in [0, 0.05) is 19.3 Å². The van der Waals surface area contributed by atoms with Crippen LogP contribution in [0.5, 0.6) is 0 Å². The van der Waals surface area contributed by atoms with Crippen molar-refractivity contribution < 1.29 is 9.50 Å². The lowest BCUT2D eigenvalue weighted by Gasteiger charge is -2.36. The van der Waals surface area contributed by atoms with E-state index in [4.69, 9.17) is 5.11 Å². The van der Waals surface area contributed by atoms with E-state index in [-0.39, 0.29) is 11.9 Å². The van der Waals surface area contributed by atoms with Gasteiger partial charge in [-0.1, -0.05) is 0 Å². The van der Waals surface area contributed by atoms with Gasteiger partial charge in [0.2, 0.25) is 0 Å². The first-order valence-electron chi connectivity index (χ1n) is 4.22. The Morgan fingerprint density at radius 2 is 2.31 bits per heavy atom. The van der Waals surface area contributed by atoms with E-state index in [1.807, 2.05) is 0 Å². The fourth-order valence-corrected chi connectivity index (χ4v) is 1.39. The van der Waals surface area contributed by atoms with Crippen LogP contribution in [0.15, 0.2) is 12.3 Å². The van der Waals surface area contributed by atoms with Crippen LogP contribution in [0.4, 0.5) is 10.2 Å². The van der Waals surface area contributed by atoms with Crippen molar-refractivity contribution in [3.63, 3.8) is 0 Å². The summed E-state index contributed by atoms with van der Waals surface area (Å²) in [6.45, 7) is 2.75. The Kier molecular flexibility index (Phi) is 1.92. The summed E-state index contributed by atoms with van der Waals surface area (Å²) in [5.74, 6) is 0.0304. The predicted molar refractivity (Wildman–Crippen MR) is 47.2 cm³/mol. The van der Waals surface area contributed by atoms with Gasteiger partial charge in [-0.25, -0.2) is 9.37 Å². The van der Waals surface area contributed by atoms with Gasteiger partial charge in [0.05, 0.1) is 6.10 Å². The molecule has 0 amide bonds. The lowest BCUT2D eigenvalue weighted by atomic mass is 10.1. The summed E-state index contributed by atoms with van der Waals surface area (Å²) in [6, 6.07) is 1.45. The topological polar surface area (TPSA) is 36.4 Å². The first-order chi connectivity index (χ1) is 6.16. The molecule has 0 aromatic carbocycles. The van der Waals surface area contributed by atoms with Crippen LogP contribution in [0.3, 0.4) is 0 Å². The van der Waals surface area contributed by atoms with Crippen molar-refractivity contribution in [1.29, 1.82) is 0 Å². The van der Waals surface area contributed by atoms with Gasteiger partial charge in [-0.15, -0.1) is 0 Å². The summed E-state index contributed by atoms with van der Waals surface area (Å²) in [5.41, 5.74) is 0.808. The van der Waals surface area contributed by atoms with Crippen molar-refractivity contribution in [2.24, 2.45) is 0 Å². The molecule has 1 N–H and O–H groups in total. The molecule has 0 atom stereocenters. The third kappa shape index (κ3) is 1.49. The van der Waals surface area contributed by atoms with E-state index in [1.165, 1.54) is 6.07 Å². The van der Waals surface area contributed by atoms with Crippen LogP contribution in [0.25, 0.3) is 0 Å². The van der Waals surface area contributed by atoms with Gasteiger partial charge in [0.1, 0.15) is 0 Å². The van der Waals surface area contributed by atoms with Gasteiger partial charge in [-0.3, -0.25) is 0 Å². The lowest BCUT2D eigenvalue weighted by molar-refractivity contribution is 0.140. The van der Waals surface area contributed by atoms with Crippen LogP contribution in [0.1, 0.15) is 5.56 Å². The van der Waals surface area contributed by atoms with E-state index < -0.39 is 0 Å². The number of rotatable bonds is 1. The second-order valence-electron chi connectivity index (χ2n) is 3.38. The number of halogens is 1. The molecule has 4 heteroatoms. The summed E-state index contributed by atoms with van der Waals surface area (Å²) < 4.78 is 13.3. The first-order valence-corrected chi connectivity index (χ1v) is 4.22. The minimum absolute atomic E-state index is 0.313. The standard InChI is InChI=1S/C9H11FN2O/c1-6-2-8(10)9(11-3-6)12-4-7(13)5-12/h2-3,7,13H,4-5H2,1H3. The zero-order valence-electron chi connectivity index (χ0n) is 7.37. The number of aliphatic hydroxyl groups excluding tert-OH is 1. The fourth-order valence-electron chi connectivity index (χ4n) is 1.39. The molecular formula is C9H11FN2O. The highest BCUT2D eigenvalue weighted by Gasteiger charge is 2.27. The van der Waals surface area contributed by atoms with Crippen LogP contribution in [-0.4, -0.2) is 29.3 Å². The van der Waals surface area contributed by atoms with Crippen LogP contribution in [0, 0.1) is 12.7 Å². The van der Waals surface area contributed by atoms with Crippen molar-refractivity contribution in [2.45, 2.75) is 13.0 Å². The second kappa shape index (κ2) is 2.96. The van der Waals surface area contributed by atoms with Crippen LogP contribution >= 0.6 is 0 Å². The van der Waals surface area contributed by atoms with E-state index in [2.05, 4.69) is 4.98 Å². The lowest BCUT2D eigenvalue weighted by Crippen LogP contribution is -2.51. The molecule has 0 saturated carbocycles. The van der Waals surface area contributed by atoms with Crippen LogP contribution in [-0.2, 0) is 0 Å². The van der Waals surface area contributed by atoms with Crippen molar-refractivity contribution in [2.75, 3.05) is 18.0 Å². The number of aryl methyl sites for hydroxylation is 1. The minimum Gasteiger partial charge on any atom is -0.389 e.